The molecule has 88 valence electrons. The third kappa shape index (κ3) is 2.26. The lowest BCUT2D eigenvalue weighted by atomic mass is 9.91. The number of phenols is 2. The highest BCUT2D eigenvalue weighted by atomic mass is 16.3. The largest absolute Gasteiger partial charge is 0.508 e. The van der Waals surface area contributed by atoms with Crippen LogP contribution in [0.5, 0.6) is 11.5 Å². The summed E-state index contributed by atoms with van der Waals surface area (Å²) in [5, 5.41) is 19.3. The fraction of sp³-hybridized carbons (Fsp3) is 0.200. The molecule has 0 spiro atoms. The van der Waals surface area contributed by atoms with Crippen molar-refractivity contribution in [3.8, 4) is 11.5 Å². The van der Waals surface area contributed by atoms with Crippen molar-refractivity contribution >= 4 is 0 Å². The predicted octanol–water partition coefficient (Wildman–Crippen LogP) is 3.56. The van der Waals surface area contributed by atoms with Crippen LogP contribution in [0.1, 0.15) is 29.5 Å². The zero-order valence-electron chi connectivity index (χ0n) is 10.0. The van der Waals surface area contributed by atoms with E-state index in [-0.39, 0.29) is 5.92 Å². The standard InChI is InChI=1S/C15H16O2/c1-10-9-12(7-8-14(10)16)11(2)13-5-3-4-6-15(13)17/h3-9,11,16-17H,1-2H3. The fourth-order valence-corrected chi connectivity index (χ4v) is 1.98. The van der Waals surface area contributed by atoms with Crippen LogP contribution in [-0.2, 0) is 0 Å². The Labute approximate surface area is 101 Å². The number of benzene rings is 2. The Balaban J connectivity index is 2.40. The van der Waals surface area contributed by atoms with Crippen molar-refractivity contribution in [2.45, 2.75) is 19.8 Å². The van der Waals surface area contributed by atoms with Crippen molar-refractivity contribution in [3.05, 3.63) is 59.2 Å². The molecule has 0 saturated heterocycles. The number of phenolic OH excluding ortho intramolecular Hbond substituents is 2. The van der Waals surface area contributed by atoms with Crippen LogP contribution >= 0.6 is 0 Å². The molecule has 2 aromatic carbocycles. The minimum Gasteiger partial charge on any atom is -0.508 e. The van der Waals surface area contributed by atoms with Crippen LogP contribution in [0.25, 0.3) is 0 Å². The van der Waals surface area contributed by atoms with Crippen LogP contribution in [0.15, 0.2) is 42.5 Å². The smallest absolute Gasteiger partial charge is 0.119 e. The van der Waals surface area contributed by atoms with E-state index in [4.69, 9.17) is 0 Å². The Kier molecular flexibility index (Phi) is 3.05. The summed E-state index contributed by atoms with van der Waals surface area (Å²) in [6.07, 6.45) is 0. The topological polar surface area (TPSA) is 40.5 Å². The second kappa shape index (κ2) is 4.50. The van der Waals surface area contributed by atoms with Gasteiger partial charge in [0.15, 0.2) is 0 Å². The van der Waals surface area contributed by atoms with E-state index < -0.39 is 0 Å². The number of hydrogen-bond acceptors (Lipinski definition) is 2. The van der Waals surface area contributed by atoms with Gasteiger partial charge in [0.25, 0.3) is 0 Å². The first-order valence-corrected chi connectivity index (χ1v) is 5.67. The molecule has 2 aromatic rings. The molecule has 2 rings (SSSR count). The molecule has 1 atom stereocenters. The van der Waals surface area contributed by atoms with Crippen molar-refractivity contribution in [2.75, 3.05) is 0 Å². The molecule has 0 saturated carbocycles. The van der Waals surface area contributed by atoms with Gasteiger partial charge in [-0.15, -0.1) is 0 Å². The first kappa shape index (κ1) is 11.5. The van der Waals surface area contributed by atoms with Crippen molar-refractivity contribution in [2.24, 2.45) is 0 Å². The average molecular weight is 228 g/mol. The Morgan fingerprint density at radius 2 is 1.65 bits per heavy atom. The zero-order valence-corrected chi connectivity index (χ0v) is 10.0. The molecule has 0 amide bonds. The Morgan fingerprint density at radius 1 is 0.941 bits per heavy atom. The normalized spacial score (nSPS) is 12.4. The highest BCUT2D eigenvalue weighted by molar-refractivity contribution is 5.44. The summed E-state index contributed by atoms with van der Waals surface area (Å²) in [5.74, 6) is 0.722. The van der Waals surface area contributed by atoms with Crippen LogP contribution in [0.3, 0.4) is 0 Å². The van der Waals surface area contributed by atoms with E-state index in [9.17, 15) is 10.2 Å². The number of para-hydroxylation sites is 1. The van der Waals surface area contributed by atoms with Gasteiger partial charge in [-0.2, -0.15) is 0 Å². The third-order valence-corrected chi connectivity index (χ3v) is 3.12. The van der Waals surface area contributed by atoms with Gasteiger partial charge in [-0.25, -0.2) is 0 Å². The monoisotopic (exact) mass is 228 g/mol. The van der Waals surface area contributed by atoms with E-state index in [2.05, 4.69) is 0 Å². The quantitative estimate of drug-likeness (QED) is 0.825. The molecule has 2 N–H and O–H groups in total. The number of hydrogen-bond donors (Lipinski definition) is 2. The summed E-state index contributed by atoms with van der Waals surface area (Å²) in [7, 11) is 0. The van der Waals surface area contributed by atoms with Gasteiger partial charge >= 0.3 is 0 Å². The van der Waals surface area contributed by atoms with Gasteiger partial charge in [-0.05, 0) is 30.2 Å². The van der Waals surface area contributed by atoms with Gasteiger partial charge in [0.2, 0.25) is 0 Å². The summed E-state index contributed by atoms with van der Waals surface area (Å²) >= 11 is 0. The van der Waals surface area contributed by atoms with E-state index in [1.807, 2.05) is 44.2 Å². The highest BCUT2D eigenvalue weighted by Gasteiger charge is 2.12. The van der Waals surface area contributed by atoms with Crippen LogP contribution in [-0.4, -0.2) is 10.2 Å². The first-order chi connectivity index (χ1) is 8.09. The second-order valence-electron chi connectivity index (χ2n) is 4.33. The van der Waals surface area contributed by atoms with E-state index in [1.54, 1.807) is 12.1 Å². The Morgan fingerprint density at radius 3 is 2.29 bits per heavy atom. The molecule has 0 radical (unpaired) electrons. The van der Waals surface area contributed by atoms with Crippen LogP contribution < -0.4 is 0 Å². The van der Waals surface area contributed by atoms with E-state index >= 15 is 0 Å². The molecule has 0 fully saturated rings. The molecule has 0 aliphatic carbocycles. The summed E-state index contributed by atoms with van der Waals surface area (Å²) < 4.78 is 0. The van der Waals surface area contributed by atoms with Gasteiger partial charge in [0.05, 0.1) is 0 Å². The van der Waals surface area contributed by atoms with Crippen molar-refractivity contribution < 1.29 is 10.2 Å². The van der Waals surface area contributed by atoms with Gasteiger partial charge in [0, 0.05) is 11.5 Å². The number of rotatable bonds is 2. The van der Waals surface area contributed by atoms with E-state index in [1.165, 1.54) is 0 Å². The lowest BCUT2D eigenvalue weighted by molar-refractivity contribution is 0.465. The Hall–Kier alpha value is -1.96. The molecule has 0 aliphatic rings. The van der Waals surface area contributed by atoms with Crippen LogP contribution in [0.2, 0.25) is 0 Å². The van der Waals surface area contributed by atoms with E-state index in [0.717, 1.165) is 16.7 Å². The molecule has 17 heavy (non-hydrogen) atoms. The number of aryl methyl sites for hydroxylation is 1. The summed E-state index contributed by atoms with van der Waals surface area (Å²) in [5.41, 5.74) is 2.84. The van der Waals surface area contributed by atoms with Gasteiger partial charge in [-0.1, -0.05) is 37.3 Å². The molecule has 2 nitrogen and oxygen atoms in total. The lowest BCUT2D eigenvalue weighted by Gasteiger charge is -2.15. The fourth-order valence-electron chi connectivity index (χ4n) is 1.98. The van der Waals surface area contributed by atoms with Crippen molar-refractivity contribution in [1.29, 1.82) is 0 Å². The number of aromatic hydroxyl groups is 2. The van der Waals surface area contributed by atoms with E-state index in [0.29, 0.717) is 11.5 Å². The van der Waals surface area contributed by atoms with Crippen molar-refractivity contribution in [3.63, 3.8) is 0 Å². The highest BCUT2D eigenvalue weighted by Crippen LogP contribution is 2.32. The maximum absolute atomic E-state index is 9.82. The molecule has 0 aromatic heterocycles. The zero-order chi connectivity index (χ0) is 12.4. The van der Waals surface area contributed by atoms with Crippen LogP contribution in [0.4, 0.5) is 0 Å². The first-order valence-electron chi connectivity index (χ1n) is 5.67. The van der Waals surface area contributed by atoms with Gasteiger partial charge < -0.3 is 10.2 Å². The predicted molar refractivity (Wildman–Crippen MR) is 68.5 cm³/mol. The SMILES string of the molecule is Cc1cc(C(C)c2ccccc2O)ccc1O. The maximum atomic E-state index is 9.82. The molecule has 0 bridgehead atoms. The summed E-state index contributed by atoms with van der Waals surface area (Å²) in [4.78, 5) is 0. The molecule has 1 unspecified atom stereocenters. The molecule has 0 aliphatic heterocycles. The molecular formula is C15H16O2. The van der Waals surface area contributed by atoms with Crippen LogP contribution in [0, 0.1) is 6.92 Å². The third-order valence-electron chi connectivity index (χ3n) is 3.12. The lowest BCUT2D eigenvalue weighted by Crippen LogP contribution is -1.96. The molecule has 0 heterocycles. The van der Waals surface area contributed by atoms with Gasteiger partial charge in [0.1, 0.15) is 11.5 Å². The van der Waals surface area contributed by atoms with Crippen molar-refractivity contribution in [1.82, 2.24) is 0 Å². The molecular weight excluding hydrogens is 212 g/mol. The second-order valence-corrected chi connectivity index (χ2v) is 4.33. The average Bonchev–Trinajstić information content (AvgIpc) is 2.32. The van der Waals surface area contributed by atoms with Gasteiger partial charge in [-0.3, -0.25) is 0 Å². The molecule has 2 heteroatoms. The summed E-state index contributed by atoms with van der Waals surface area (Å²) in [6.45, 7) is 3.91. The minimum atomic E-state index is 0.107. The minimum absolute atomic E-state index is 0.107. The Bertz CT molecular complexity index is 532. The summed E-state index contributed by atoms with van der Waals surface area (Å²) in [6, 6.07) is 12.9. The maximum Gasteiger partial charge on any atom is 0.119 e.